The minimum atomic E-state index is -4.01. The lowest BCUT2D eigenvalue weighted by Gasteiger charge is -2.27. The fourth-order valence-electron chi connectivity index (χ4n) is 1.58. The number of nitrogens with zero attached hydrogens (tertiary/aromatic N) is 1. The fourth-order valence-corrected chi connectivity index (χ4v) is 2.54. The molecular weight excluding hydrogens is 263 g/mol. The normalized spacial score (nSPS) is 36.8. The van der Waals surface area contributed by atoms with Gasteiger partial charge in [-0.2, -0.15) is 0 Å². The summed E-state index contributed by atoms with van der Waals surface area (Å²) in [6.45, 7) is 0.466. The molecule has 0 aromatic heterocycles. The van der Waals surface area contributed by atoms with Crippen molar-refractivity contribution in [3.8, 4) is 0 Å². The molecule has 0 bridgehead atoms. The molecule has 8 nitrogen and oxygen atoms in total. The Bertz CT molecular complexity index is 332. The van der Waals surface area contributed by atoms with E-state index in [2.05, 4.69) is 9.05 Å². The third-order valence-corrected chi connectivity index (χ3v) is 3.83. The third kappa shape index (κ3) is 4.62. The third-order valence-electron chi connectivity index (χ3n) is 2.92. The summed E-state index contributed by atoms with van der Waals surface area (Å²) >= 11 is 0. The van der Waals surface area contributed by atoms with Crippen molar-refractivity contribution in [1.82, 2.24) is 0 Å². The summed E-state index contributed by atoms with van der Waals surface area (Å²) in [5.74, 6) is 0. The maximum atomic E-state index is 10.6. The first-order valence-electron chi connectivity index (χ1n) is 5.77. The minimum absolute atomic E-state index is 0.409. The molecule has 0 aromatic rings. The second-order valence-electron chi connectivity index (χ2n) is 4.81. The Morgan fingerprint density at radius 2 is 1.83 bits per heavy atom. The van der Waals surface area contributed by atoms with Crippen LogP contribution in [0.2, 0.25) is 0 Å². The summed E-state index contributed by atoms with van der Waals surface area (Å²) in [7, 11) is -4.01. The first-order valence-corrected chi connectivity index (χ1v) is 7.27. The molecule has 0 unspecified atom stereocenters. The standard InChI is InChI=1S/C5H11N.C4H8NO6P/c6-5-3-1-2-4-5;1-4(5(6)7)2-10-12(8,9)11-3-4/h5H,1-4,6H2;2-3H2,1H3,(H,8,9). The van der Waals surface area contributed by atoms with Crippen molar-refractivity contribution in [2.24, 2.45) is 5.73 Å². The van der Waals surface area contributed by atoms with Gasteiger partial charge in [-0.25, -0.2) is 4.57 Å². The van der Waals surface area contributed by atoms with Crippen molar-refractivity contribution in [3.05, 3.63) is 10.1 Å². The van der Waals surface area contributed by atoms with Gasteiger partial charge in [0.05, 0.1) is 0 Å². The van der Waals surface area contributed by atoms with Crippen molar-refractivity contribution >= 4 is 7.82 Å². The molecule has 1 saturated heterocycles. The Morgan fingerprint density at radius 1 is 1.39 bits per heavy atom. The maximum absolute atomic E-state index is 10.6. The van der Waals surface area contributed by atoms with Crippen LogP contribution in [0.3, 0.4) is 0 Å². The van der Waals surface area contributed by atoms with Crippen LogP contribution in [0.25, 0.3) is 0 Å². The molecule has 0 radical (unpaired) electrons. The zero-order valence-electron chi connectivity index (χ0n) is 10.3. The first kappa shape index (κ1) is 15.5. The molecule has 1 aliphatic heterocycles. The number of hydrogen-bond donors (Lipinski definition) is 2. The zero-order valence-corrected chi connectivity index (χ0v) is 11.2. The van der Waals surface area contributed by atoms with Gasteiger partial charge in [0.2, 0.25) is 0 Å². The maximum Gasteiger partial charge on any atom is 0.472 e. The Labute approximate surface area is 105 Å². The number of hydrogen-bond acceptors (Lipinski definition) is 6. The monoisotopic (exact) mass is 282 g/mol. The van der Waals surface area contributed by atoms with Gasteiger partial charge in [0.25, 0.3) is 5.54 Å². The summed E-state index contributed by atoms with van der Waals surface area (Å²) in [4.78, 5) is 18.4. The van der Waals surface area contributed by atoms with Gasteiger partial charge in [-0.1, -0.05) is 12.8 Å². The lowest BCUT2D eigenvalue weighted by molar-refractivity contribution is -0.573. The molecule has 1 heterocycles. The van der Waals surface area contributed by atoms with E-state index in [1.165, 1.54) is 32.6 Å². The largest absolute Gasteiger partial charge is 0.472 e. The minimum Gasteiger partial charge on any atom is -0.328 e. The zero-order chi connectivity index (χ0) is 13.8. The van der Waals surface area contributed by atoms with E-state index in [9.17, 15) is 14.7 Å². The highest BCUT2D eigenvalue weighted by Crippen LogP contribution is 2.48. The van der Waals surface area contributed by atoms with Crippen LogP contribution in [-0.2, 0) is 13.6 Å². The van der Waals surface area contributed by atoms with E-state index in [0.717, 1.165) is 0 Å². The Morgan fingerprint density at radius 3 is 2.11 bits per heavy atom. The molecule has 3 N–H and O–H groups in total. The van der Waals surface area contributed by atoms with E-state index >= 15 is 0 Å². The Kier molecular flexibility index (Phi) is 5.24. The average Bonchev–Trinajstić information content (AvgIpc) is 2.75. The van der Waals surface area contributed by atoms with E-state index in [1.807, 2.05) is 0 Å². The molecule has 2 aliphatic rings. The van der Waals surface area contributed by atoms with Crippen LogP contribution >= 0.6 is 7.82 Å². The fraction of sp³-hybridized carbons (Fsp3) is 1.00. The molecule has 18 heavy (non-hydrogen) atoms. The van der Waals surface area contributed by atoms with Gasteiger partial charge in [-0.15, -0.1) is 0 Å². The molecule has 9 heteroatoms. The van der Waals surface area contributed by atoms with Gasteiger partial charge >= 0.3 is 7.82 Å². The molecule has 0 atom stereocenters. The molecule has 1 aliphatic carbocycles. The Balaban J connectivity index is 0.000000225. The molecule has 2 rings (SSSR count). The number of phosphoric acid groups is 1. The molecule has 0 amide bonds. The lowest BCUT2D eigenvalue weighted by Crippen LogP contribution is -2.46. The summed E-state index contributed by atoms with van der Waals surface area (Å²) in [5, 5.41) is 10.4. The highest BCUT2D eigenvalue weighted by molar-refractivity contribution is 7.47. The van der Waals surface area contributed by atoms with Crippen LogP contribution in [0.1, 0.15) is 32.6 Å². The molecule has 2 fully saturated rings. The molecular formula is C9H19N2O6P. The van der Waals surface area contributed by atoms with Crippen LogP contribution in [0.4, 0.5) is 0 Å². The molecule has 0 aromatic carbocycles. The van der Waals surface area contributed by atoms with Crippen molar-refractivity contribution in [2.75, 3.05) is 13.2 Å². The van der Waals surface area contributed by atoms with Gasteiger partial charge in [0.1, 0.15) is 13.2 Å². The van der Waals surface area contributed by atoms with E-state index in [1.54, 1.807) is 0 Å². The molecule has 0 spiro atoms. The second-order valence-corrected chi connectivity index (χ2v) is 6.27. The van der Waals surface area contributed by atoms with E-state index in [0.29, 0.717) is 6.04 Å². The van der Waals surface area contributed by atoms with Gasteiger partial charge in [0.15, 0.2) is 0 Å². The van der Waals surface area contributed by atoms with E-state index in [4.69, 9.17) is 10.6 Å². The number of nitrogens with two attached hydrogens (primary N) is 1. The number of nitro groups is 1. The smallest absolute Gasteiger partial charge is 0.328 e. The Hall–Kier alpha value is -0.530. The molecule has 106 valence electrons. The lowest BCUT2D eigenvalue weighted by atomic mass is 10.1. The highest BCUT2D eigenvalue weighted by atomic mass is 31.2. The van der Waals surface area contributed by atoms with Crippen LogP contribution in [0.5, 0.6) is 0 Å². The summed E-state index contributed by atoms with van der Waals surface area (Å²) in [6.07, 6.45) is 5.25. The molecule has 1 saturated carbocycles. The SMILES string of the molecule is CC1([N+](=O)[O-])COP(=O)(O)OC1.NC1CCCC1. The topological polar surface area (TPSA) is 125 Å². The first-order chi connectivity index (χ1) is 8.25. The van der Waals surface area contributed by atoms with Gasteiger partial charge < -0.3 is 10.6 Å². The highest BCUT2D eigenvalue weighted by Gasteiger charge is 2.47. The average molecular weight is 282 g/mol. The van der Waals surface area contributed by atoms with Gasteiger partial charge in [-0.3, -0.25) is 19.2 Å². The van der Waals surface area contributed by atoms with Crippen LogP contribution < -0.4 is 5.73 Å². The quantitative estimate of drug-likeness (QED) is 0.418. The van der Waals surface area contributed by atoms with Crippen molar-refractivity contribution in [2.45, 2.75) is 44.2 Å². The van der Waals surface area contributed by atoms with Crippen molar-refractivity contribution in [3.63, 3.8) is 0 Å². The second kappa shape index (κ2) is 6.08. The summed E-state index contributed by atoms with van der Waals surface area (Å²) < 4.78 is 19.2. The van der Waals surface area contributed by atoms with E-state index in [-0.39, 0.29) is 0 Å². The van der Waals surface area contributed by atoms with Gasteiger partial charge in [0, 0.05) is 17.9 Å². The van der Waals surface area contributed by atoms with Crippen LogP contribution in [0, 0.1) is 10.1 Å². The number of phosphoric ester groups is 1. The summed E-state index contributed by atoms with van der Waals surface area (Å²) in [6, 6.07) is 0.546. The van der Waals surface area contributed by atoms with Crippen LogP contribution in [0.15, 0.2) is 0 Å². The number of rotatable bonds is 1. The van der Waals surface area contributed by atoms with Crippen molar-refractivity contribution in [1.29, 1.82) is 0 Å². The van der Waals surface area contributed by atoms with E-state index < -0.39 is 31.5 Å². The van der Waals surface area contributed by atoms with Crippen molar-refractivity contribution < 1.29 is 23.4 Å². The van der Waals surface area contributed by atoms with Crippen LogP contribution in [-0.4, -0.2) is 34.6 Å². The van der Waals surface area contributed by atoms with Gasteiger partial charge in [-0.05, 0) is 12.8 Å². The summed E-state index contributed by atoms with van der Waals surface area (Å²) in [5.41, 5.74) is 4.11. The predicted octanol–water partition coefficient (Wildman–Crippen LogP) is 1.06. The predicted molar refractivity (Wildman–Crippen MR) is 63.6 cm³/mol.